The summed E-state index contributed by atoms with van der Waals surface area (Å²) in [5, 5.41) is 0. The van der Waals surface area contributed by atoms with Crippen molar-refractivity contribution in [2.45, 2.75) is 32.2 Å². The van der Waals surface area contributed by atoms with Crippen LogP contribution in [0.25, 0.3) is 0 Å². The highest BCUT2D eigenvalue weighted by Crippen LogP contribution is 2.44. The van der Waals surface area contributed by atoms with Crippen molar-refractivity contribution in [2.75, 3.05) is 6.54 Å². The highest BCUT2D eigenvalue weighted by molar-refractivity contribution is 5.95. The van der Waals surface area contributed by atoms with E-state index in [9.17, 15) is 9.59 Å². The van der Waals surface area contributed by atoms with Gasteiger partial charge in [0.1, 0.15) is 5.78 Å². The summed E-state index contributed by atoms with van der Waals surface area (Å²) < 4.78 is 0. The molecule has 1 amide bonds. The van der Waals surface area contributed by atoms with Crippen molar-refractivity contribution in [2.24, 2.45) is 5.41 Å². The first kappa shape index (κ1) is 11.5. The molecule has 3 heteroatoms. The van der Waals surface area contributed by atoms with Crippen molar-refractivity contribution in [1.29, 1.82) is 0 Å². The Kier molecular flexibility index (Phi) is 2.69. The van der Waals surface area contributed by atoms with Crippen LogP contribution in [0, 0.1) is 5.41 Å². The minimum absolute atomic E-state index is 0.180. The van der Waals surface area contributed by atoms with Crippen molar-refractivity contribution in [3.05, 3.63) is 35.9 Å². The Labute approximate surface area is 107 Å². The third-order valence-corrected chi connectivity index (χ3v) is 4.10. The van der Waals surface area contributed by atoms with Gasteiger partial charge in [-0.15, -0.1) is 0 Å². The zero-order valence-corrected chi connectivity index (χ0v) is 10.4. The normalized spacial score (nSPS) is 27.4. The molecule has 18 heavy (non-hydrogen) atoms. The van der Waals surface area contributed by atoms with Crippen LogP contribution in [0.4, 0.5) is 0 Å². The molecular weight excluding hydrogens is 226 g/mol. The van der Waals surface area contributed by atoms with E-state index < -0.39 is 0 Å². The molecule has 3 rings (SSSR count). The largest absolute Gasteiger partial charge is 0.337 e. The van der Waals surface area contributed by atoms with E-state index >= 15 is 0 Å². The fraction of sp³-hybridized carbons (Fsp3) is 0.467. The number of nitrogens with zero attached hydrogens (tertiary/aromatic N) is 1. The monoisotopic (exact) mass is 243 g/mol. The summed E-state index contributed by atoms with van der Waals surface area (Å²) in [5.41, 5.74) is 0.826. The molecule has 0 bridgehead atoms. The summed E-state index contributed by atoms with van der Waals surface area (Å²) in [6.07, 6.45) is 2.90. The molecule has 1 atom stereocenters. The van der Waals surface area contributed by atoms with Gasteiger partial charge in [-0.1, -0.05) is 30.3 Å². The van der Waals surface area contributed by atoms with Gasteiger partial charge in [-0.25, -0.2) is 0 Å². The van der Waals surface area contributed by atoms with E-state index in [1.807, 2.05) is 35.2 Å². The fourth-order valence-corrected chi connectivity index (χ4v) is 3.18. The third kappa shape index (κ3) is 1.84. The van der Waals surface area contributed by atoms with Crippen LogP contribution >= 0.6 is 0 Å². The van der Waals surface area contributed by atoms with E-state index in [0.29, 0.717) is 19.4 Å². The molecule has 0 aromatic heterocycles. The van der Waals surface area contributed by atoms with Crippen LogP contribution in [0.5, 0.6) is 0 Å². The fourth-order valence-electron chi connectivity index (χ4n) is 3.18. The molecule has 1 heterocycles. The molecule has 0 N–H and O–H groups in total. The lowest BCUT2D eigenvalue weighted by Crippen LogP contribution is -2.62. The number of β-lactam (4-membered cyclic amide) rings is 1. The Balaban J connectivity index is 1.66. The highest BCUT2D eigenvalue weighted by Gasteiger charge is 2.53. The van der Waals surface area contributed by atoms with Gasteiger partial charge in [0, 0.05) is 25.9 Å². The molecule has 2 aliphatic rings. The van der Waals surface area contributed by atoms with Gasteiger partial charge in [-0.2, -0.15) is 0 Å². The van der Waals surface area contributed by atoms with Crippen molar-refractivity contribution in [3.63, 3.8) is 0 Å². The summed E-state index contributed by atoms with van der Waals surface area (Å²) in [7, 11) is 0. The lowest BCUT2D eigenvalue weighted by molar-refractivity contribution is -0.167. The maximum absolute atomic E-state index is 12.3. The average molecular weight is 243 g/mol. The molecule has 2 fully saturated rings. The Morgan fingerprint density at radius 1 is 1.17 bits per heavy atom. The second kappa shape index (κ2) is 4.23. The topological polar surface area (TPSA) is 37.4 Å². The van der Waals surface area contributed by atoms with E-state index in [0.717, 1.165) is 24.9 Å². The smallest absolute Gasteiger partial charge is 0.231 e. The summed E-state index contributed by atoms with van der Waals surface area (Å²) in [6, 6.07) is 10.0. The lowest BCUT2D eigenvalue weighted by Gasteiger charge is -2.50. The van der Waals surface area contributed by atoms with Gasteiger partial charge in [0.2, 0.25) is 5.91 Å². The SMILES string of the molecule is O=C1CCCC2(C1)CN(Cc1ccccc1)C2=O. The van der Waals surface area contributed by atoms with Crippen LogP contribution in [0.15, 0.2) is 30.3 Å². The molecule has 1 aliphatic carbocycles. The van der Waals surface area contributed by atoms with E-state index in [1.165, 1.54) is 0 Å². The van der Waals surface area contributed by atoms with Crippen LogP contribution in [0.2, 0.25) is 0 Å². The third-order valence-electron chi connectivity index (χ3n) is 4.10. The Morgan fingerprint density at radius 3 is 2.61 bits per heavy atom. The molecule has 1 unspecified atom stereocenters. The van der Waals surface area contributed by atoms with Gasteiger partial charge < -0.3 is 4.90 Å². The van der Waals surface area contributed by atoms with Crippen molar-refractivity contribution < 1.29 is 9.59 Å². The zero-order valence-electron chi connectivity index (χ0n) is 10.4. The van der Waals surface area contributed by atoms with Crippen molar-refractivity contribution in [3.8, 4) is 0 Å². The van der Waals surface area contributed by atoms with Gasteiger partial charge in [-0.05, 0) is 18.4 Å². The maximum atomic E-state index is 12.3. The molecule has 1 saturated carbocycles. The molecule has 0 radical (unpaired) electrons. The number of hydrogen-bond donors (Lipinski definition) is 0. The number of Topliss-reactive ketones (excluding diaryl/α,β-unsaturated/α-hetero) is 1. The number of ketones is 1. The summed E-state index contributed by atoms with van der Waals surface area (Å²) in [6.45, 7) is 1.43. The van der Waals surface area contributed by atoms with Gasteiger partial charge in [0.25, 0.3) is 0 Å². The van der Waals surface area contributed by atoms with Crippen LogP contribution in [0.1, 0.15) is 31.2 Å². The summed E-state index contributed by atoms with van der Waals surface area (Å²) in [5.74, 6) is 0.438. The van der Waals surface area contributed by atoms with Gasteiger partial charge in [0.05, 0.1) is 5.41 Å². The number of hydrogen-bond acceptors (Lipinski definition) is 2. The number of rotatable bonds is 2. The molecule has 3 nitrogen and oxygen atoms in total. The van der Waals surface area contributed by atoms with E-state index in [-0.39, 0.29) is 17.1 Å². The quantitative estimate of drug-likeness (QED) is 0.746. The van der Waals surface area contributed by atoms with Crippen LogP contribution < -0.4 is 0 Å². The standard InChI is InChI=1S/C15H17NO2/c17-13-7-4-8-15(9-13)11-16(14(15)18)10-12-5-2-1-3-6-12/h1-3,5-6H,4,7-11H2. The molecule has 1 aliphatic heterocycles. The van der Waals surface area contributed by atoms with Gasteiger partial charge in [0.15, 0.2) is 0 Å². The van der Waals surface area contributed by atoms with E-state index in [1.54, 1.807) is 0 Å². The first-order chi connectivity index (χ1) is 8.70. The first-order valence-electron chi connectivity index (χ1n) is 6.55. The number of carbonyl (C=O) groups excluding carboxylic acids is 2. The summed E-state index contributed by atoms with van der Waals surface area (Å²) in [4.78, 5) is 25.6. The van der Waals surface area contributed by atoms with Crippen molar-refractivity contribution in [1.82, 2.24) is 4.90 Å². The Bertz CT molecular complexity index is 483. The zero-order chi connectivity index (χ0) is 12.6. The average Bonchev–Trinajstić information content (AvgIpc) is 2.39. The minimum atomic E-state index is -0.329. The maximum Gasteiger partial charge on any atom is 0.231 e. The predicted molar refractivity (Wildman–Crippen MR) is 67.8 cm³/mol. The van der Waals surface area contributed by atoms with Gasteiger partial charge >= 0.3 is 0 Å². The van der Waals surface area contributed by atoms with Crippen LogP contribution in [0.3, 0.4) is 0 Å². The second-order valence-corrected chi connectivity index (χ2v) is 5.50. The van der Waals surface area contributed by atoms with Gasteiger partial charge in [-0.3, -0.25) is 9.59 Å². The first-order valence-corrected chi connectivity index (χ1v) is 6.55. The minimum Gasteiger partial charge on any atom is -0.337 e. The molecule has 1 spiro atoms. The molecular formula is C15H17NO2. The Morgan fingerprint density at radius 2 is 1.94 bits per heavy atom. The predicted octanol–water partition coefficient (Wildman–Crippen LogP) is 2.16. The van der Waals surface area contributed by atoms with E-state index in [2.05, 4.69) is 0 Å². The highest BCUT2D eigenvalue weighted by atomic mass is 16.2. The van der Waals surface area contributed by atoms with Crippen molar-refractivity contribution >= 4 is 11.7 Å². The molecule has 1 aromatic rings. The molecule has 94 valence electrons. The van der Waals surface area contributed by atoms with Crippen LogP contribution in [-0.2, 0) is 16.1 Å². The Hall–Kier alpha value is -1.64. The summed E-state index contributed by atoms with van der Waals surface area (Å²) >= 11 is 0. The number of benzene rings is 1. The molecule has 1 saturated heterocycles. The lowest BCUT2D eigenvalue weighted by atomic mass is 9.67. The molecule has 1 aromatic carbocycles. The number of likely N-dealkylation sites (tertiary alicyclic amines) is 1. The van der Waals surface area contributed by atoms with Crippen LogP contribution in [-0.4, -0.2) is 23.1 Å². The second-order valence-electron chi connectivity index (χ2n) is 5.50. The number of carbonyl (C=O) groups is 2. The van der Waals surface area contributed by atoms with E-state index in [4.69, 9.17) is 0 Å². The number of amides is 1.